The zero-order valence-corrected chi connectivity index (χ0v) is 15.0. The second kappa shape index (κ2) is 6.90. The molecule has 0 amide bonds. The van der Waals surface area contributed by atoms with Gasteiger partial charge in [0.2, 0.25) is 0 Å². The van der Waals surface area contributed by atoms with E-state index >= 15 is 0 Å². The van der Waals surface area contributed by atoms with Crippen LogP contribution in [0.15, 0.2) is 41.6 Å². The van der Waals surface area contributed by atoms with Crippen LogP contribution in [0.4, 0.5) is 19.0 Å². The predicted octanol–water partition coefficient (Wildman–Crippen LogP) is 2.79. The average Bonchev–Trinajstić information content (AvgIpc) is 3.17. The fourth-order valence-electron chi connectivity index (χ4n) is 3.35. The Labute approximate surface area is 158 Å². The van der Waals surface area contributed by atoms with Crippen LogP contribution in [-0.4, -0.2) is 33.7 Å². The van der Waals surface area contributed by atoms with E-state index in [1.54, 1.807) is 25.5 Å². The van der Waals surface area contributed by atoms with Gasteiger partial charge < -0.3 is 15.2 Å². The van der Waals surface area contributed by atoms with Crippen LogP contribution < -0.4 is 16.2 Å². The Hall–Kier alpha value is -2.94. The van der Waals surface area contributed by atoms with Gasteiger partial charge in [-0.2, -0.15) is 13.2 Å². The molecular weight excluding hydrogens is 371 g/mol. The van der Waals surface area contributed by atoms with Crippen LogP contribution in [0.3, 0.4) is 0 Å². The number of halogens is 3. The van der Waals surface area contributed by atoms with Gasteiger partial charge in [-0.3, -0.25) is 9.78 Å². The van der Waals surface area contributed by atoms with Crippen LogP contribution in [0.2, 0.25) is 0 Å². The standard InChI is InChI=1S/C19H18F3N5O/c1-27-7-5-13-14(15-3-2-11(8-24-15)19(20,21)22)10-25-17(16(13)18(27)28)26-12-4-6-23-9-12/h2-3,5,7-8,10,12,23H,4,6,9H2,1H3,(H,25,26). The van der Waals surface area contributed by atoms with E-state index in [-0.39, 0.29) is 11.6 Å². The molecule has 1 aliphatic heterocycles. The van der Waals surface area contributed by atoms with Gasteiger partial charge in [-0.05, 0) is 31.2 Å². The summed E-state index contributed by atoms with van der Waals surface area (Å²) in [5, 5.41) is 7.54. The van der Waals surface area contributed by atoms with Crippen LogP contribution in [0.25, 0.3) is 22.0 Å². The summed E-state index contributed by atoms with van der Waals surface area (Å²) in [4.78, 5) is 21.1. The highest BCUT2D eigenvalue weighted by Gasteiger charge is 2.30. The minimum atomic E-state index is -4.45. The van der Waals surface area contributed by atoms with Gasteiger partial charge in [0.15, 0.2) is 0 Å². The molecule has 2 N–H and O–H groups in total. The van der Waals surface area contributed by atoms with Gasteiger partial charge in [-0.15, -0.1) is 0 Å². The number of hydrogen-bond acceptors (Lipinski definition) is 5. The minimum absolute atomic E-state index is 0.163. The van der Waals surface area contributed by atoms with E-state index in [2.05, 4.69) is 20.6 Å². The van der Waals surface area contributed by atoms with Crippen molar-refractivity contribution >= 4 is 16.6 Å². The number of hydrogen-bond donors (Lipinski definition) is 2. The lowest BCUT2D eigenvalue weighted by molar-refractivity contribution is -0.137. The molecule has 3 aromatic heterocycles. The number of fused-ring (bicyclic) bond motifs is 1. The normalized spacial score (nSPS) is 17.2. The lowest BCUT2D eigenvalue weighted by atomic mass is 10.0. The third kappa shape index (κ3) is 3.33. The van der Waals surface area contributed by atoms with Crippen molar-refractivity contribution in [3.8, 4) is 11.3 Å². The topological polar surface area (TPSA) is 71.8 Å². The molecule has 1 atom stereocenters. The molecule has 0 saturated carbocycles. The van der Waals surface area contributed by atoms with Crippen molar-refractivity contribution in [3.05, 3.63) is 52.7 Å². The number of nitrogens with one attached hydrogen (secondary N) is 2. The molecule has 28 heavy (non-hydrogen) atoms. The molecule has 0 aliphatic carbocycles. The summed E-state index contributed by atoms with van der Waals surface area (Å²) in [5.41, 5.74) is -0.215. The average molecular weight is 389 g/mol. The third-order valence-electron chi connectivity index (χ3n) is 4.89. The number of anilines is 1. The van der Waals surface area contributed by atoms with Crippen LogP contribution >= 0.6 is 0 Å². The quantitative estimate of drug-likeness (QED) is 0.721. The van der Waals surface area contributed by atoms with E-state index in [1.807, 2.05) is 0 Å². The second-order valence-corrected chi connectivity index (χ2v) is 6.80. The van der Waals surface area contributed by atoms with Crippen LogP contribution in [0.5, 0.6) is 0 Å². The Morgan fingerprint density at radius 3 is 2.68 bits per heavy atom. The van der Waals surface area contributed by atoms with E-state index in [4.69, 9.17) is 0 Å². The number of nitrogens with zero attached hydrogens (tertiary/aromatic N) is 3. The van der Waals surface area contributed by atoms with E-state index in [1.165, 1.54) is 10.6 Å². The number of rotatable bonds is 3. The van der Waals surface area contributed by atoms with Crippen molar-refractivity contribution in [1.82, 2.24) is 19.9 Å². The first-order valence-electron chi connectivity index (χ1n) is 8.84. The first-order valence-corrected chi connectivity index (χ1v) is 8.84. The van der Waals surface area contributed by atoms with E-state index < -0.39 is 11.7 Å². The van der Waals surface area contributed by atoms with Gasteiger partial charge in [-0.25, -0.2) is 4.98 Å². The summed E-state index contributed by atoms with van der Waals surface area (Å²) in [6.07, 6.45) is 0.420. The Bertz CT molecular complexity index is 1070. The molecule has 0 bridgehead atoms. The van der Waals surface area contributed by atoms with Gasteiger partial charge in [-0.1, -0.05) is 0 Å². The zero-order chi connectivity index (χ0) is 19.9. The van der Waals surface area contributed by atoms with Gasteiger partial charge in [0.1, 0.15) is 5.82 Å². The molecule has 0 aromatic carbocycles. The van der Waals surface area contributed by atoms with Crippen molar-refractivity contribution in [2.24, 2.45) is 7.05 Å². The summed E-state index contributed by atoms with van der Waals surface area (Å²) in [5.74, 6) is 0.473. The fourth-order valence-corrected chi connectivity index (χ4v) is 3.35. The highest BCUT2D eigenvalue weighted by molar-refractivity contribution is 6.00. The summed E-state index contributed by atoms with van der Waals surface area (Å²) >= 11 is 0. The highest BCUT2D eigenvalue weighted by atomic mass is 19.4. The SMILES string of the molecule is Cn1ccc2c(-c3ccc(C(F)(F)F)cn3)cnc(NC3CCNC3)c2c1=O. The zero-order valence-electron chi connectivity index (χ0n) is 15.0. The summed E-state index contributed by atoms with van der Waals surface area (Å²) < 4.78 is 39.9. The molecule has 1 fully saturated rings. The molecule has 9 heteroatoms. The molecule has 1 aliphatic rings. The molecule has 1 saturated heterocycles. The largest absolute Gasteiger partial charge is 0.417 e. The molecule has 1 unspecified atom stereocenters. The van der Waals surface area contributed by atoms with E-state index in [0.29, 0.717) is 27.8 Å². The number of aryl methyl sites for hydroxylation is 1. The third-order valence-corrected chi connectivity index (χ3v) is 4.89. The summed E-state index contributed by atoms with van der Waals surface area (Å²) in [6.45, 7) is 1.67. The Morgan fingerprint density at radius 1 is 1.21 bits per heavy atom. The van der Waals surface area contributed by atoms with Crippen LogP contribution in [0, 0.1) is 0 Å². The van der Waals surface area contributed by atoms with Crippen molar-refractivity contribution in [2.75, 3.05) is 18.4 Å². The Morgan fingerprint density at radius 2 is 2.04 bits per heavy atom. The van der Waals surface area contributed by atoms with Crippen molar-refractivity contribution in [1.29, 1.82) is 0 Å². The Kier molecular flexibility index (Phi) is 4.54. The van der Waals surface area contributed by atoms with Crippen LogP contribution in [-0.2, 0) is 13.2 Å². The van der Waals surface area contributed by atoms with Gasteiger partial charge >= 0.3 is 6.18 Å². The first-order chi connectivity index (χ1) is 13.3. The van der Waals surface area contributed by atoms with Crippen molar-refractivity contribution in [3.63, 3.8) is 0 Å². The maximum absolute atomic E-state index is 12.8. The monoisotopic (exact) mass is 389 g/mol. The molecule has 4 rings (SSSR count). The maximum Gasteiger partial charge on any atom is 0.417 e. The van der Waals surface area contributed by atoms with Gasteiger partial charge in [0, 0.05) is 49.2 Å². The number of pyridine rings is 3. The number of alkyl halides is 3. The molecule has 6 nitrogen and oxygen atoms in total. The fraction of sp³-hybridized carbons (Fsp3) is 0.316. The molecule has 3 aromatic rings. The van der Waals surface area contributed by atoms with Crippen LogP contribution in [0.1, 0.15) is 12.0 Å². The molecule has 4 heterocycles. The number of aromatic nitrogens is 3. The lowest BCUT2D eigenvalue weighted by Crippen LogP contribution is -2.25. The predicted molar refractivity (Wildman–Crippen MR) is 100 cm³/mol. The van der Waals surface area contributed by atoms with Gasteiger partial charge in [0.25, 0.3) is 5.56 Å². The minimum Gasteiger partial charge on any atom is -0.365 e. The smallest absolute Gasteiger partial charge is 0.365 e. The molecule has 146 valence electrons. The van der Waals surface area contributed by atoms with Crippen molar-refractivity contribution < 1.29 is 13.2 Å². The van der Waals surface area contributed by atoms with E-state index in [9.17, 15) is 18.0 Å². The first kappa shape index (κ1) is 18.4. The highest BCUT2D eigenvalue weighted by Crippen LogP contribution is 2.32. The van der Waals surface area contributed by atoms with Crippen molar-refractivity contribution in [2.45, 2.75) is 18.6 Å². The van der Waals surface area contributed by atoms with Gasteiger partial charge in [0.05, 0.1) is 16.6 Å². The molecule has 0 spiro atoms. The lowest BCUT2D eigenvalue weighted by Gasteiger charge is -2.16. The Balaban J connectivity index is 1.84. The maximum atomic E-state index is 12.8. The molecule has 0 radical (unpaired) electrons. The van der Waals surface area contributed by atoms with E-state index in [0.717, 1.165) is 31.8 Å². The summed E-state index contributed by atoms with van der Waals surface area (Å²) in [7, 11) is 1.64. The molecular formula is C19H18F3N5O. The second-order valence-electron chi connectivity index (χ2n) is 6.80. The summed E-state index contributed by atoms with van der Waals surface area (Å²) in [6, 6.07) is 4.19.